The van der Waals surface area contributed by atoms with Gasteiger partial charge < -0.3 is 9.84 Å². The number of hydrogen-bond acceptors (Lipinski definition) is 5. The van der Waals surface area contributed by atoms with Crippen molar-refractivity contribution in [3.63, 3.8) is 0 Å². The maximum atomic E-state index is 14.2. The number of halogens is 3. The average molecular weight is 441 g/mol. The first-order valence-electron chi connectivity index (χ1n) is 8.06. The van der Waals surface area contributed by atoms with Crippen LogP contribution in [0.1, 0.15) is 11.4 Å². The zero-order valence-electron chi connectivity index (χ0n) is 14.0. The van der Waals surface area contributed by atoms with Crippen LogP contribution in [-0.4, -0.2) is 28.1 Å². The number of thiazole rings is 1. The minimum Gasteiger partial charge on any atom is -0.481 e. The molecule has 0 fully saturated rings. The predicted octanol–water partition coefficient (Wildman–Crippen LogP) is 4.51. The topological polar surface area (TPSA) is 79.7 Å². The van der Waals surface area contributed by atoms with Gasteiger partial charge in [0.05, 0.1) is 28.4 Å². The summed E-state index contributed by atoms with van der Waals surface area (Å²) in [6, 6.07) is 7.45. The molecule has 1 aromatic heterocycles. The highest BCUT2D eigenvalue weighted by Gasteiger charge is 2.37. The van der Waals surface area contributed by atoms with E-state index < -0.39 is 30.2 Å². The highest BCUT2D eigenvalue weighted by atomic mass is 35.5. The van der Waals surface area contributed by atoms with Gasteiger partial charge in [-0.15, -0.1) is 11.3 Å². The Morgan fingerprint density at radius 1 is 1.36 bits per heavy atom. The van der Waals surface area contributed by atoms with Crippen LogP contribution in [0.5, 0.6) is 5.75 Å². The number of para-hydroxylation sites is 1. The third-order valence-electron chi connectivity index (χ3n) is 4.15. The number of aromatic nitrogens is 1. The van der Waals surface area contributed by atoms with Crippen LogP contribution in [0.15, 0.2) is 30.3 Å². The fourth-order valence-corrected chi connectivity index (χ4v) is 4.65. The number of carbonyl (C=O) groups excluding carboxylic acids is 1. The van der Waals surface area contributed by atoms with Crippen LogP contribution in [0, 0.1) is 5.82 Å². The fraction of sp³-hybridized carbons (Fsp3) is 0.167. The van der Waals surface area contributed by atoms with Crippen molar-refractivity contribution in [1.29, 1.82) is 0 Å². The lowest BCUT2D eigenvalue weighted by Gasteiger charge is -2.33. The number of ether oxygens (including phenoxy) is 1. The Labute approximate surface area is 172 Å². The second-order valence-electron chi connectivity index (χ2n) is 6.06. The molecule has 2 aromatic carbocycles. The molecule has 1 atom stereocenters. The summed E-state index contributed by atoms with van der Waals surface area (Å²) in [6.07, 6.45) is -1.90. The molecule has 0 bridgehead atoms. The molecule has 6 nitrogen and oxygen atoms in total. The van der Waals surface area contributed by atoms with Crippen LogP contribution >= 0.6 is 34.5 Å². The monoisotopic (exact) mass is 440 g/mol. The summed E-state index contributed by atoms with van der Waals surface area (Å²) in [7, 11) is 0. The smallest absolute Gasteiger partial charge is 0.307 e. The molecule has 4 rings (SSSR count). The van der Waals surface area contributed by atoms with Crippen molar-refractivity contribution >= 4 is 62.3 Å². The van der Waals surface area contributed by atoms with Gasteiger partial charge in [0.25, 0.3) is 5.91 Å². The molecule has 10 heteroatoms. The Morgan fingerprint density at radius 2 is 2.14 bits per heavy atom. The maximum absolute atomic E-state index is 14.2. The number of amides is 1. The third kappa shape index (κ3) is 3.39. The molecule has 1 N–H and O–H groups in total. The zero-order chi connectivity index (χ0) is 20.0. The molecule has 1 aliphatic rings. The number of carboxylic acid groups (broad SMARTS) is 1. The van der Waals surface area contributed by atoms with E-state index in [0.29, 0.717) is 20.6 Å². The van der Waals surface area contributed by atoms with Gasteiger partial charge in [-0.3, -0.25) is 14.5 Å². The third-order valence-corrected chi connectivity index (χ3v) is 5.64. The van der Waals surface area contributed by atoms with Crippen LogP contribution in [0.3, 0.4) is 0 Å². The summed E-state index contributed by atoms with van der Waals surface area (Å²) in [5.74, 6) is -2.64. The molecule has 2 heterocycles. The quantitative estimate of drug-likeness (QED) is 0.645. The van der Waals surface area contributed by atoms with Crippen molar-refractivity contribution in [2.75, 3.05) is 4.90 Å². The average Bonchev–Trinajstić information content (AvgIpc) is 3.02. The largest absolute Gasteiger partial charge is 0.481 e. The second kappa shape index (κ2) is 7.20. The summed E-state index contributed by atoms with van der Waals surface area (Å²) in [5.41, 5.74) is 0.767. The van der Waals surface area contributed by atoms with Gasteiger partial charge in [0.2, 0.25) is 0 Å². The number of nitrogens with zero attached hydrogens (tertiary/aromatic N) is 2. The maximum Gasteiger partial charge on any atom is 0.307 e. The van der Waals surface area contributed by atoms with Crippen molar-refractivity contribution in [2.45, 2.75) is 19.1 Å². The van der Waals surface area contributed by atoms with E-state index in [0.717, 1.165) is 4.70 Å². The van der Waals surface area contributed by atoms with Crippen LogP contribution in [0.2, 0.25) is 10.0 Å². The van der Waals surface area contributed by atoms with Crippen molar-refractivity contribution < 1.29 is 23.8 Å². The van der Waals surface area contributed by atoms with E-state index in [4.69, 9.17) is 33.0 Å². The van der Waals surface area contributed by atoms with Gasteiger partial charge in [0, 0.05) is 5.02 Å². The Bertz CT molecular complexity index is 1120. The van der Waals surface area contributed by atoms with E-state index in [2.05, 4.69) is 4.98 Å². The lowest BCUT2D eigenvalue weighted by molar-refractivity contribution is -0.142. The fourth-order valence-electron chi connectivity index (χ4n) is 2.97. The van der Waals surface area contributed by atoms with E-state index in [9.17, 15) is 14.0 Å². The number of carbonyl (C=O) groups is 2. The normalized spacial score (nSPS) is 16.2. The number of hydrogen-bond donors (Lipinski definition) is 1. The Morgan fingerprint density at radius 3 is 2.89 bits per heavy atom. The summed E-state index contributed by atoms with van der Waals surface area (Å²) in [6.45, 7) is 0.0159. The van der Waals surface area contributed by atoms with Crippen molar-refractivity contribution in [3.8, 4) is 5.75 Å². The molecule has 0 spiro atoms. The molecule has 1 amide bonds. The summed E-state index contributed by atoms with van der Waals surface area (Å²) >= 11 is 13.5. The standard InChI is InChI=1S/C18H11Cl2FN2O4S/c19-8-4-9(20)16-13(5-8)28-14(22-16)7-23-11-3-1-2-10(21)17(11)27-12(18(23)26)6-15(24)25/h1-5,12H,6-7H2,(H,24,25). The molecule has 28 heavy (non-hydrogen) atoms. The molecule has 0 saturated carbocycles. The van der Waals surface area contributed by atoms with Gasteiger partial charge in [0.1, 0.15) is 10.5 Å². The Kier molecular flexibility index (Phi) is 4.86. The molecule has 0 saturated heterocycles. The molecule has 1 unspecified atom stereocenters. The first-order chi connectivity index (χ1) is 13.3. The summed E-state index contributed by atoms with van der Waals surface area (Å²) in [4.78, 5) is 29.6. The summed E-state index contributed by atoms with van der Waals surface area (Å²) in [5, 5.41) is 10.4. The molecular weight excluding hydrogens is 430 g/mol. The van der Waals surface area contributed by atoms with Gasteiger partial charge in [-0.1, -0.05) is 29.3 Å². The number of anilines is 1. The van der Waals surface area contributed by atoms with E-state index in [1.54, 1.807) is 12.1 Å². The first kappa shape index (κ1) is 18.9. The highest BCUT2D eigenvalue weighted by molar-refractivity contribution is 7.18. The minimum absolute atomic E-state index is 0.0159. The Hall–Kier alpha value is -2.42. The van der Waals surface area contributed by atoms with Gasteiger partial charge in [-0.2, -0.15) is 0 Å². The van der Waals surface area contributed by atoms with Gasteiger partial charge in [-0.05, 0) is 24.3 Å². The number of aliphatic carboxylic acids is 1. The van der Waals surface area contributed by atoms with E-state index >= 15 is 0 Å². The van der Waals surface area contributed by atoms with Crippen molar-refractivity contribution in [1.82, 2.24) is 4.98 Å². The van der Waals surface area contributed by atoms with Crippen LogP contribution < -0.4 is 9.64 Å². The lowest BCUT2D eigenvalue weighted by Crippen LogP contribution is -2.46. The molecular formula is C18H11Cl2FN2O4S. The number of fused-ring (bicyclic) bond motifs is 2. The van der Waals surface area contributed by atoms with Gasteiger partial charge >= 0.3 is 5.97 Å². The first-order valence-corrected chi connectivity index (χ1v) is 9.63. The van der Waals surface area contributed by atoms with Gasteiger partial charge in [0.15, 0.2) is 17.7 Å². The highest BCUT2D eigenvalue weighted by Crippen LogP contribution is 2.39. The predicted molar refractivity (Wildman–Crippen MR) is 104 cm³/mol. The van der Waals surface area contributed by atoms with Crippen molar-refractivity contribution in [3.05, 3.63) is 51.2 Å². The minimum atomic E-state index is -1.32. The molecule has 3 aromatic rings. The lowest BCUT2D eigenvalue weighted by atomic mass is 10.1. The van der Waals surface area contributed by atoms with E-state index in [-0.39, 0.29) is 18.0 Å². The van der Waals surface area contributed by atoms with Gasteiger partial charge in [-0.25, -0.2) is 9.37 Å². The van der Waals surface area contributed by atoms with Crippen molar-refractivity contribution in [2.24, 2.45) is 0 Å². The van der Waals surface area contributed by atoms with Crippen LogP contribution in [0.4, 0.5) is 10.1 Å². The molecule has 144 valence electrons. The van der Waals surface area contributed by atoms with E-state index in [1.807, 2.05) is 0 Å². The molecule has 0 aliphatic carbocycles. The Balaban J connectivity index is 1.75. The van der Waals surface area contributed by atoms with E-state index in [1.165, 1.54) is 34.4 Å². The van der Waals surface area contributed by atoms with Crippen LogP contribution in [-0.2, 0) is 16.1 Å². The number of benzene rings is 2. The molecule has 1 aliphatic heterocycles. The van der Waals surface area contributed by atoms with Crippen LogP contribution in [0.25, 0.3) is 10.2 Å². The number of carboxylic acids is 1. The second-order valence-corrected chi connectivity index (χ2v) is 8.02. The number of rotatable bonds is 4. The zero-order valence-corrected chi connectivity index (χ0v) is 16.3. The SMILES string of the molecule is O=C(O)CC1Oc2c(F)cccc2N(Cc2nc3c(Cl)cc(Cl)cc3s2)C1=O. The molecule has 0 radical (unpaired) electrons. The summed E-state index contributed by atoms with van der Waals surface area (Å²) < 4.78 is 20.3.